The number of benzene rings is 2. The second kappa shape index (κ2) is 7.86. The molecule has 140 valence electrons. The van der Waals surface area contributed by atoms with Crippen LogP contribution in [0.15, 0.2) is 42.5 Å². The molecule has 2 N–H and O–H groups in total. The zero-order valence-corrected chi connectivity index (χ0v) is 15.0. The lowest BCUT2D eigenvalue weighted by Crippen LogP contribution is -2.23. The Morgan fingerprint density at radius 3 is 2.41 bits per heavy atom. The number of nitrogens with zero attached hydrogens (tertiary/aromatic N) is 2. The minimum absolute atomic E-state index is 0.0142. The van der Waals surface area contributed by atoms with Gasteiger partial charge in [0.2, 0.25) is 5.95 Å². The number of para-hydroxylation sites is 1. The zero-order chi connectivity index (χ0) is 18.6. The highest BCUT2D eigenvalue weighted by molar-refractivity contribution is 5.90. The Kier molecular flexibility index (Phi) is 5.14. The molecular weight excluding hydrogens is 346 g/mol. The molecule has 6 heteroatoms. The quantitative estimate of drug-likeness (QED) is 0.645. The summed E-state index contributed by atoms with van der Waals surface area (Å²) >= 11 is 0. The number of hydrogen-bond donors (Lipinski definition) is 2. The Morgan fingerprint density at radius 1 is 0.889 bits per heavy atom. The maximum Gasteiger partial charge on any atom is 0.225 e. The van der Waals surface area contributed by atoms with Gasteiger partial charge in [-0.05, 0) is 37.1 Å². The van der Waals surface area contributed by atoms with Crippen molar-refractivity contribution in [2.24, 2.45) is 0 Å². The monoisotopic (exact) mass is 368 g/mol. The van der Waals surface area contributed by atoms with E-state index in [1.54, 1.807) is 0 Å². The van der Waals surface area contributed by atoms with Crippen LogP contribution in [0, 0.1) is 11.6 Å². The molecule has 0 radical (unpaired) electrons. The van der Waals surface area contributed by atoms with Gasteiger partial charge < -0.3 is 10.6 Å². The van der Waals surface area contributed by atoms with E-state index in [4.69, 9.17) is 0 Å². The zero-order valence-electron chi connectivity index (χ0n) is 15.0. The molecule has 1 aromatic heterocycles. The van der Waals surface area contributed by atoms with Crippen LogP contribution >= 0.6 is 0 Å². The molecule has 0 spiro atoms. The van der Waals surface area contributed by atoms with Gasteiger partial charge in [-0.3, -0.25) is 0 Å². The van der Waals surface area contributed by atoms with Gasteiger partial charge in [-0.25, -0.2) is 13.8 Å². The first-order valence-corrected chi connectivity index (χ1v) is 9.41. The average Bonchev–Trinajstić information content (AvgIpc) is 2.68. The number of rotatable bonds is 5. The van der Waals surface area contributed by atoms with Crippen LogP contribution in [0.3, 0.4) is 0 Å². The summed E-state index contributed by atoms with van der Waals surface area (Å²) in [6, 6.07) is 12.0. The van der Waals surface area contributed by atoms with Crippen molar-refractivity contribution in [3.63, 3.8) is 0 Å². The van der Waals surface area contributed by atoms with Crippen molar-refractivity contribution in [1.82, 2.24) is 9.97 Å². The van der Waals surface area contributed by atoms with Gasteiger partial charge in [0, 0.05) is 23.5 Å². The Balaban J connectivity index is 1.61. The lowest BCUT2D eigenvalue weighted by Gasteiger charge is -2.24. The third kappa shape index (κ3) is 3.99. The van der Waals surface area contributed by atoms with Gasteiger partial charge in [-0.15, -0.1) is 0 Å². The van der Waals surface area contributed by atoms with Crippen LogP contribution in [-0.2, 0) is 6.54 Å². The van der Waals surface area contributed by atoms with Gasteiger partial charge in [0.05, 0.1) is 5.52 Å². The second-order valence-corrected chi connectivity index (χ2v) is 6.95. The van der Waals surface area contributed by atoms with Crippen LogP contribution in [0.25, 0.3) is 10.9 Å². The normalized spacial score (nSPS) is 15.0. The predicted octanol–water partition coefficient (Wildman–Crippen LogP) is 5.26. The van der Waals surface area contributed by atoms with Crippen LogP contribution in [0.1, 0.15) is 37.7 Å². The van der Waals surface area contributed by atoms with Crippen molar-refractivity contribution < 1.29 is 8.78 Å². The predicted molar refractivity (Wildman–Crippen MR) is 104 cm³/mol. The number of halogens is 2. The van der Waals surface area contributed by atoms with Crippen molar-refractivity contribution in [1.29, 1.82) is 0 Å². The van der Waals surface area contributed by atoms with Gasteiger partial charge in [-0.1, -0.05) is 37.5 Å². The van der Waals surface area contributed by atoms with E-state index in [9.17, 15) is 8.78 Å². The molecule has 2 aromatic carbocycles. The van der Waals surface area contributed by atoms with Crippen LogP contribution in [0.2, 0.25) is 0 Å². The fourth-order valence-electron chi connectivity index (χ4n) is 3.57. The van der Waals surface area contributed by atoms with Crippen molar-refractivity contribution in [2.75, 3.05) is 10.6 Å². The Labute approximate surface area is 157 Å². The summed E-state index contributed by atoms with van der Waals surface area (Å²) in [6.45, 7) is -0.0142. The largest absolute Gasteiger partial charge is 0.367 e. The van der Waals surface area contributed by atoms with Gasteiger partial charge in [0.25, 0.3) is 0 Å². The molecule has 3 aromatic rings. The molecule has 0 unspecified atom stereocenters. The third-order valence-corrected chi connectivity index (χ3v) is 5.03. The number of fused-ring (bicyclic) bond motifs is 1. The van der Waals surface area contributed by atoms with Crippen LogP contribution in [0.5, 0.6) is 0 Å². The fourth-order valence-corrected chi connectivity index (χ4v) is 3.57. The SMILES string of the molecule is Fc1cccc(F)c1CNc1nc(NC2CCCCC2)c2ccccc2n1. The minimum atomic E-state index is -0.580. The first-order chi connectivity index (χ1) is 13.2. The molecule has 0 amide bonds. The lowest BCUT2D eigenvalue weighted by molar-refractivity contribution is 0.462. The van der Waals surface area contributed by atoms with Crippen molar-refractivity contribution in [2.45, 2.75) is 44.7 Å². The summed E-state index contributed by atoms with van der Waals surface area (Å²) in [6.07, 6.45) is 5.98. The number of nitrogens with one attached hydrogen (secondary N) is 2. The third-order valence-electron chi connectivity index (χ3n) is 5.03. The summed E-state index contributed by atoms with van der Waals surface area (Å²) in [4.78, 5) is 9.09. The van der Waals surface area contributed by atoms with Gasteiger partial charge in [-0.2, -0.15) is 4.98 Å². The fraction of sp³-hybridized carbons (Fsp3) is 0.333. The summed E-state index contributed by atoms with van der Waals surface area (Å²) in [5, 5.41) is 7.47. The van der Waals surface area contributed by atoms with E-state index in [2.05, 4.69) is 20.6 Å². The molecular formula is C21H22F2N4. The minimum Gasteiger partial charge on any atom is -0.367 e. The highest BCUT2D eigenvalue weighted by atomic mass is 19.1. The lowest BCUT2D eigenvalue weighted by atomic mass is 9.95. The summed E-state index contributed by atoms with van der Waals surface area (Å²) in [7, 11) is 0. The van der Waals surface area contributed by atoms with E-state index >= 15 is 0 Å². The smallest absolute Gasteiger partial charge is 0.225 e. The molecule has 1 heterocycles. The first kappa shape index (κ1) is 17.6. The number of anilines is 2. The topological polar surface area (TPSA) is 49.8 Å². The van der Waals surface area contributed by atoms with Crippen molar-refractivity contribution in [3.8, 4) is 0 Å². The molecule has 1 saturated carbocycles. The molecule has 0 saturated heterocycles. The van der Waals surface area contributed by atoms with Gasteiger partial charge >= 0.3 is 0 Å². The molecule has 4 nitrogen and oxygen atoms in total. The van der Waals surface area contributed by atoms with Crippen LogP contribution in [-0.4, -0.2) is 16.0 Å². The van der Waals surface area contributed by atoms with E-state index in [-0.39, 0.29) is 12.1 Å². The highest BCUT2D eigenvalue weighted by Gasteiger charge is 2.16. The molecule has 1 aliphatic carbocycles. The summed E-state index contributed by atoms with van der Waals surface area (Å²) in [5.41, 5.74) is 0.776. The maximum absolute atomic E-state index is 13.9. The van der Waals surface area contributed by atoms with E-state index in [0.29, 0.717) is 12.0 Å². The van der Waals surface area contributed by atoms with Crippen LogP contribution < -0.4 is 10.6 Å². The summed E-state index contributed by atoms with van der Waals surface area (Å²) in [5.74, 6) is -0.0358. The second-order valence-electron chi connectivity index (χ2n) is 6.95. The average molecular weight is 368 g/mol. The Hall–Kier alpha value is -2.76. The first-order valence-electron chi connectivity index (χ1n) is 9.41. The number of aromatic nitrogens is 2. The van der Waals surface area contributed by atoms with E-state index in [1.807, 2.05) is 24.3 Å². The van der Waals surface area contributed by atoms with Gasteiger partial charge in [0.15, 0.2) is 0 Å². The molecule has 0 atom stereocenters. The molecule has 0 bridgehead atoms. The highest BCUT2D eigenvalue weighted by Crippen LogP contribution is 2.26. The van der Waals surface area contributed by atoms with Crippen LogP contribution in [0.4, 0.5) is 20.5 Å². The Bertz CT molecular complexity index is 918. The van der Waals surface area contributed by atoms with E-state index in [0.717, 1.165) is 29.6 Å². The van der Waals surface area contributed by atoms with E-state index in [1.165, 1.54) is 37.5 Å². The molecule has 1 fully saturated rings. The summed E-state index contributed by atoms with van der Waals surface area (Å²) < 4.78 is 27.7. The van der Waals surface area contributed by atoms with Crippen molar-refractivity contribution in [3.05, 3.63) is 59.7 Å². The standard InChI is InChI=1S/C21H22F2N4/c22-17-10-6-11-18(23)16(17)13-24-21-26-19-12-5-4-9-15(19)20(27-21)25-14-7-2-1-3-8-14/h4-6,9-12,14H,1-3,7-8,13H2,(H2,24,25,26,27). The van der Waals surface area contributed by atoms with Crippen molar-refractivity contribution >= 4 is 22.7 Å². The number of hydrogen-bond acceptors (Lipinski definition) is 4. The molecule has 27 heavy (non-hydrogen) atoms. The maximum atomic E-state index is 13.9. The van der Waals surface area contributed by atoms with E-state index < -0.39 is 11.6 Å². The molecule has 4 rings (SSSR count). The van der Waals surface area contributed by atoms with Gasteiger partial charge in [0.1, 0.15) is 17.5 Å². The Morgan fingerprint density at radius 2 is 1.63 bits per heavy atom. The molecule has 1 aliphatic rings. The molecule has 0 aliphatic heterocycles.